The zero-order chi connectivity index (χ0) is 14.9. The highest BCUT2D eigenvalue weighted by Gasteiger charge is 2.40. The summed E-state index contributed by atoms with van der Waals surface area (Å²) in [4.78, 5) is 21.2. The van der Waals surface area contributed by atoms with E-state index >= 15 is 0 Å². The molecule has 5 nitrogen and oxygen atoms in total. The lowest BCUT2D eigenvalue weighted by Gasteiger charge is -2.25. The van der Waals surface area contributed by atoms with Crippen molar-refractivity contribution in [3.63, 3.8) is 0 Å². The number of hydrogen-bond donors (Lipinski definition) is 2. The van der Waals surface area contributed by atoms with E-state index in [0.717, 1.165) is 25.7 Å². The molecule has 0 aliphatic heterocycles. The number of hydrogen-bond acceptors (Lipinski definition) is 4. The molecule has 1 aliphatic rings. The summed E-state index contributed by atoms with van der Waals surface area (Å²) < 4.78 is 0. The summed E-state index contributed by atoms with van der Waals surface area (Å²) in [7, 11) is 0. The first-order chi connectivity index (χ1) is 10.1. The molecule has 1 aromatic heterocycles. The summed E-state index contributed by atoms with van der Waals surface area (Å²) in [5, 5.41) is 3.01. The number of carbonyl (C=O) groups is 1. The Morgan fingerprint density at radius 2 is 1.86 bits per heavy atom. The van der Waals surface area contributed by atoms with Gasteiger partial charge < -0.3 is 11.1 Å². The van der Waals surface area contributed by atoms with Crippen LogP contribution in [0.4, 0.5) is 5.82 Å². The standard InChI is InChI=1S/C15H17ClN4O/c16-12-13(19-11-6-2-1-5-10(11)18-12)20-14(21)15(9-17)7-3-4-8-15/h1-2,5-6H,3-4,7-9,17H2,(H,19,20,21). The number of amides is 1. The van der Waals surface area contributed by atoms with E-state index < -0.39 is 5.41 Å². The summed E-state index contributed by atoms with van der Waals surface area (Å²) in [5.41, 5.74) is 6.74. The molecule has 1 aromatic carbocycles. The number of rotatable bonds is 3. The third kappa shape index (κ3) is 2.59. The van der Waals surface area contributed by atoms with E-state index in [9.17, 15) is 4.79 Å². The maximum Gasteiger partial charge on any atom is 0.233 e. The Labute approximate surface area is 127 Å². The van der Waals surface area contributed by atoms with Crippen molar-refractivity contribution < 1.29 is 4.79 Å². The molecule has 1 heterocycles. The van der Waals surface area contributed by atoms with E-state index in [1.807, 2.05) is 24.3 Å². The molecule has 0 saturated heterocycles. The molecule has 0 spiro atoms. The average Bonchev–Trinajstić information content (AvgIpc) is 2.98. The molecule has 1 amide bonds. The van der Waals surface area contributed by atoms with Crippen molar-refractivity contribution >= 4 is 34.4 Å². The first-order valence-electron chi connectivity index (χ1n) is 7.08. The van der Waals surface area contributed by atoms with Crippen molar-refractivity contribution in [3.8, 4) is 0 Å². The summed E-state index contributed by atoms with van der Waals surface area (Å²) >= 11 is 6.12. The zero-order valence-electron chi connectivity index (χ0n) is 11.6. The smallest absolute Gasteiger partial charge is 0.233 e. The first-order valence-corrected chi connectivity index (χ1v) is 7.46. The van der Waals surface area contributed by atoms with Crippen LogP contribution in [-0.2, 0) is 4.79 Å². The van der Waals surface area contributed by atoms with Gasteiger partial charge in [-0.3, -0.25) is 4.79 Å². The van der Waals surface area contributed by atoms with Crippen molar-refractivity contribution in [2.75, 3.05) is 11.9 Å². The summed E-state index contributed by atoms with van der Waals surface area (Å²) in [5.74, 6) is 0.203. The molecule has 1 aliphatic carbocycles. The van der Waals surface area contributed by atoms with Gasteiger partial charge in [-0.25, -0.2) is 9.97 Å². The molecule has 0 radical (unpaired) electrons. The number of fused-ring (bicyclic) bond motifs is 1. The van der Waals surface area contributed by atoms with Gasteiger partial charge in [0.25, 0.3) is 0 Å². The average molecular weight is 305 g/mol. The van der Waals surface area contributed by atoms with Crippen molar-refractivity contribution in [1.29, 1.82) is 0 Å². The van der Waals surface area contributed by atoms with E-state index in [1.54, 1.807) is 0 Å². The van der Waals surface area contributed by atoms with Gasteiger partial charge in [-0.2, -0.15) is 0 Å². The third-order valence-corrected chi connectivity index (χ3v) is 4.46. The minimum atomic E-state index is -0.489. The van der Waals surface area contributed by atoms with Crippen LogP contribution in [0, 0.1) is 5.41 Å². The Kier molecular flexibility index (Phi) is 3.78. The van der Waals surface area contributed by atoms with E-state index in [4.69, 9.17) is 17.3 Å². The van der Waals surface area contributed by atoms with Crippen LogP contribution in [0.5, 0.6) is 0 Å². The molecule has 3 N–H and O–H groups in total. The van der Waals surface area contributed by atoms with Gasteiger partial charge in [0, 0.05) is 6.54 Å². The fraction of sp³-hybridized carbons (Fsp3) is 0.400. The number of nitrogens with one attached hydrogen (secondary N) is 1. The van der Waals surface area contributed by atoms with Crippen molar-refractivity contribution in [2.45, 2.75) is 25.7 Å². The van der Waals surface area contributed by atoms with Gasteiger partial charge in [0.05, 0.1) is 16.4 Å². The highest BCUT2D eigenvalue weighted by Crippen LogP contribution is 2.38. The number of benzene rings is 1. The van der Waals surface area contributed by atoms with Crippen LogP contribution in [-0.4, -0.2) is 22.4 Å². The number of halogens is 1. The molecule has 0 bridgehead atoms. The van der Waals surface area contributed by atoms with E-state index in [2.05, 4.69) is 15.3 Å². The molecule has 2 aromatic rings. The van der Waals surface area contributed by atoms with Crippen molar-refractivity contribution in [1.82, 2.24) is 9.97 Å². The van der Waals surface area contributed by atoms with Crippen LogP contribution in [0.15, 0.2) is 24.3 Å². The molecule has 0 unspecified atom stereocenters. The normalized spacial score (nSPS) is 17.0. The Hall–Kier alpha value is -1.72. The van der Waals surface area contributed by atoms with Crippen LogP contribution >= 0.6 is 11.6 Å². The lowest BCUT2D eigenvalue weighted by atomic mass is 9.85. The number of para-hydroxylation sites is 2. The van der Waals surface area contributed by atoms with E-state index in [0.29, 0.717) is 23.4 Å². The molecular formula is C15H17ClN4O. The maximum atomic E-state index is 12.5. The van der Waals surface area contributed by atoms with Gasteiger partial charge in [-0.1, -0.05) is 36.6 Å². The summed E-state index contributed by atoms with van der Waals surface area (Å²) in [6.07, 6.45) is 3.69. The predicted molar refractivity (Wildman–Crippen MR) is 83.1 cm³/mol. The topological polar surface area (TPSA) is 80.9 Å². The summed E-state index contributed by atoms with van der Waals surface area (Å²) in [6, 6.07) is 7.41. The van der Waals surface area contributed by atoms with Crippen LogP contribution in [0.1, 0.15) is 25.7 Å². The Balaban J connectivity index is 1.90. The van der Waals surface area contributed by atoms with E-state index in [1.165, 1.54) is 0 Å². The number of anilines is 1. The highest BCUT2D eigenvalue weighted by molar-refractivity contribution is 6.32. The van der Waals surface area contributed by atoms with Gasteiger partial charge in [-0.05, 0) is 25.0 Å². The quantitative estimate of drug-likeness (QED) is 0.913. The molecule has 1 saturated carbocycles. The maximum absolute atomic E-state index is 12.5. The van der Waals surface area contributed by atoms with Gasteiger partial charge in [0.2, 0.25) is 5.91 Å². The Bertz CT molecular complexity index is 682. The zero-order valence-corrected chi connectivity index (χ0v) is 12.4. The second-order valence-corrected chi connectivity index (χ2v) is 5.86. The van der Waals surface area contributed by atoms with Crippen LogP contribution in [0.3, 0.4) is 0 Å². The van der Waals surface area contributed by atoms with Crippen molar-refractivity contribution in [3.05, 3.63) is 29.4 Å². The van der Waals surface area contributed by atoms with Crippen LogP contribution < -0.4 is 11.1 Å². The lowest BCUT2D eigenvalue weighted by molar-refractivity contribution is -0.124. The highest BCUT2D eigenvalue weighted by atomic mass is 35.5. The second-order valence-electron chi connectivity index (χ2n) is 5.50. The number of nitrogens with two attached hydrogens (primary N) is 1. The van der Waals surface area contributed by atoms with Crippen LogP contribution in [0.25, 0.3) is 11.0 Å². The molecule has 21 heavy (non-hydrogen) atoms. The Morgan fingerprint density at radius 1 is 1.24 bits per heavy atom. The molecule has 3 rings (SSSR count). The minimum Gasteiger partial charge on any atom is -0.329 e. The van der Waals surface area contributed by atoms with E-state index in [-0.39, 0.29) is 11.1 Å². The minimum absolute atomic E-state index is 0.103. The number of carbonyl (C=O) groups excluding carboxylic acids is 1. The van der Waals surface area contributed by atoms with Gasteiger partial charge in [-0.15, -0.1) is 0 Å². The van der Waals surface area contributed by atoms with Gasteiger partial charge in [0.1, 0.15) is 0 Å². The number of aromatic nitrogens is 2. The largest absolute Gasteiger partial charge is 0.329 e. The SMILES string of the molecule is NCC1(C(=O)Nc2nc3ccccc3nc2Cl)CCCC1. The monoisotopic (exact) mass is 304 g/mol. The van der Waals surface area contributed by atoms with Crippen molar-refractivity contribution in [2.24, 2.45) is 11.1 Å². The molecular weight excluding hydrogens is 288 g/mol. The third-order valence-electron chi connectivity index (χ3n) is 4.19. The van der Waals surface area contributed by atoms with Gasteiger partial charge >= 0.3 is 0 Å². The fourth-order valence-electron chi connectivity index (χ4n) is 2.87. The predicted octanol–water partition coefficient (Wildman–Crippen LogP) is 2.74. The fourth-order valence-corrected chi connectivity index (χ4v) is 3.05. The molecule has 6 heteroatoms. The molecule has 0 atom stereocenters. The number of nitrogens with zero attached hydrogens (tertiary/aromatic N) is 2. The second kappa shape index (κ2) is 5.58. The lowest BCUT2D eigenvalue weighted by Crippen LogP contribution is -2.40. The van der Waals surface area contributed by atoms with Crippen LogP contribution in [0.2, 0.25) is 5.15 Å². The molecule has 110 valence electrons. The van der Waals surface area contributed by atoms with Gasteiger partial charge in [0.15, 0.2) is 11.0 Å². The summed E-state index contributed by atoms with van der Waals surface area (Å²) in [6.45, 7) is 0.345. The molecule has 1 fully saturated rings. The Morgan fingerprint density at radius 3 is 2.48 bits per heavy atom. The first kappa shape index (κ1) is 14.2.